The van der Waals surface area contributed by atoms with Crippen molar-refractivity contribution in [1.82, 2.24) is 20.5 Å². The van der Waals surface area contributed by atoms with E-state index in [1.54, 1.807) is 24.3 Å². The number of aromatic amines is 1. The number of hydrogen-bond acceptors (Lipinski definition) is 5. The lowest BCUT2D eigenvalue weighted by Gasteiger charge is -2.07. The number of thiazole rings is 1. The molecule has 2 aromatic heterocycles. The molecule has 0 radical (unpaired) electrons. The molecule has 1 amide bonds. The molecule has 152 valence electrons. The SMILES string of the molecule is O=C(NCc1n[nH]c(=O)c2ccccc12)c1nc(-c2cccc(C(F)(F)F)c2)cs1. The first-order valence-corrected chi connectivity index (χ1v) is 9.58. The average molecular weight is 430 g/mol. The minimum atomic E-state index is -4.46. The Morgan fingerprint density at radius 3 is 2.63 bits per heavy atom. The fraction of sp³-hybridized carbons (Fsp3) is 0.100. The first-order chi connectivity index (χ1) is 14.3. The van der Waals surface area contributed by atoms with Gasteiger partial charge in [0, 0.05) is 16.3 Å². The van der Waals surface area contributed by atoms with E-state index in [0.29, 0.717) is 16.5 Å². The second-order valence-electron chi connectivity index (χ2n) is 6.34. The van der Waals surface area contributed by atoms with Gasteiger partial charge in [-0.25, -0.2) is 10.1 Å². The highest BCUT2D eigenvalue weighted by atomic mass is 32.1. The molecule has 0 aliphatic rings. The van der Waals surface area contributed by atoms with Crippen molar-refractivity contribution in [2.24, 2.45) is 0 Å². The summed E-state index contributed by atoms with van der Waals surface area (Å²) in [6.07, 6.45) is -4.46. The smallest absolute Gasteiger partial charge is 0.344 e. The van der Waals surface area contributed by atoms with Gasteiger partial charge in [0.1, 0.15) is 0 Å². The van der Waals surface area contributed by atoms with Crippen LogP contribution in [0.2, 0.25) is 0 Å². The molecule has 30 heavy (non-hydrogen) atoms. The van der Waals surface area contributed by atoms with Gasteiger partial charge < -0.3 is 5.32 Å². The number of fused-ring (bicyclic) bond motifs is 1. The zero-order valence-electron chi connectivity index (χ0n) is 15.2. The molecule has 0 fully saturated rings. The fourth-order valence-electron chi connectivity index (χ4n) is 2.91. The topological polar surface area (TPSA) is 87.7 Å². The Morgan fingerprint density at radius 1 is 1.10 bits per heavy atom. The number of halogens is 3. The van der Waals surface area contributed by atoms with Crippen molar-refractivity contribution in [3.05, 3.63) is 80.5 Å². The van der Waals surface area contributed by atoms with E-state index in [-0.39, 0.29) is 28.4 Å². The van der Waals surface area contributed by atoms with Crippen molar-refractivity contribution >= 4 is 28.0 Å². The molecule has 0 spiro atoms. The third-order valence-corrected chi connectivity index (χ3v) is 5.22. The van der Waals surface area contributed by atoms with Gasteiger partial charge >= 0.3 is 6.18 Å². The maximum Gasteiger partial charge on any atom is 0.416 e. The van der Waals surface area contributed by atoms with Crippen LogP contribution >= 0.6 is 11.3 Å². The Hall–Kier alpha value is -3.53. The summed E-state index contributed by atoms with van der Waals surface area (Å²) in [6.45, 7) is 0.0502. The Bertz CT molecular complexity index is 1300. The number of benzene rings is 2. The van der Waals surface area contributed by atoms with Gasteiger partial charge in [-0.2, -0.15) is 18.3 Å². The molecule has 0 aliphatic carbocycles. The van der Waals surface area contributed by atoms with Crippen molar-refractivity contribution in [2.75, 3.05) is 0 Å². The second kappa shape index (κ2) is 7.71. The highest BCUT2D eigenvalue weighted by Crippen LogP contribution is 2.32. The number of H-pyrrole nitrogens is 1. The summed E-state index contributed by atoms with van der Waals surface area (Å²) in [5, 5.41) is 11.7. The highest BCUT2D eigenvalue weighted by molar-refractivity contribution is 7.12. The van der Waals surface area contributed by atoms with E-state index in [2.05, 4.69) is 20.5 Å². The van der Waals surface area contributed by atoms with Crippen molar-refractivity contribution in [3.8, 4) is 11.3 Å². The summed E-state index contributed by atoms with van der Waals surface area (Å²) in [7, 11) is 0. The number of nitrogens with zero attached hydrogens (tertiary/aromatic N) is 2. The molecule has 2 N–H and O–H groups in total. The largest absolute Gasteiger partial charge is 0.416 e. The van der Waals surface area contributed by atoms with Gasteiger partial charge in [0.2, 0.25) is 0 Å². The van der Waals surface area contributed by atoms with Crippen molar-refractivity contribution in [1.29, 1.82) is 0 Å². The molecule has 0 atom stereocenters. The van der Waals surface area contributed by atoms with E-state index in [9.17, 15) is 22.8 Å². The predicted octanol–water partition coefficient (Wildman–Crippen LogP) is 4.00. The van der Waals surface area contributed by atoms with Crippen LogP contribution in [0.1, 0.15) is 21.1 Å². The summed E-state index contributed by atoms with van der Waals surface area (Å²) in [5.41, 5.74) is -0.0770. The third-order valence-electron chi connectivity index (χ3n) is 4.38. The Balaban J connectivity index is 1.52. The Kier molecular flexibility index (Phi) is 5.08. The monoisotopic (exact) mass is 430 g/mol. The standard InChI is InChI=1S/C20H13F3N4O2S/c21-20(22,23)12-5-3-4-11(8-12)16-10-30-19(25-16)18(29)24-9-15-13-6-1-2-7-14(13)17(28)27-26-15/h1-8,10H,9H2,(H,24,29)(H,27,28). The number of alkyl halides is 3. The number of aromatic nitrogens is 3. The van der Waals surface area contributed by atoms with E-state index in [4.69, 9.17) is 0 Å². The third kappa shape index (κ3) is 3.94. The number of carbonyl (C=O) groups is 1. The number of carbonyl (C=O) groups excluding carboxylic acids is 1. The van der Waals surface area contributed by atoms with Gasteiger partial charge in [0.15, 0.2) is 5.01 Å². The summed E-state index contributed by atoms with van der Waals surface area (Å²) in [6, 6.07) is 11.6. The van der Waals surface area contributed by atoms with Gasteiger partial charge in [-0.1, -0.05) is 30.3 Å². The molecule has 4 rings (SSSR count). The zero-order valence-corrected chi connectivity index (χ0v) is 16.0. The minimum Gasteiger partial charge on any atom is -0.344 e. The molecule has 4 aromatic rings. The summed E-state index contributed by atoms with van der Waals surface area (Å²) >= 11 is 1.02. The normalized spacial score (nSPS) is 11.6. The molecule has 0 saturated carbocycles. The maximum absolute atomic E-state index is 12.9. The molecule has 0 aliphatic heterocycles. The molecule has 0 bridgehead atoms. The van der Waals surface area contributed by atoms with Gasteiger partial charge in [-0.3, -0.25) is 9.59 Å². The zero-order chi connectivity index (χ0) is 21.3. The van der Waals surface area contributed by atoms with Crippen LogP contribution in [-0.4, -0.2) is 21.1 Å². The Labute approximate surface area is 171 Å². The van der Waals surface area contributed by atoms with E-state index in [1.165, 1.54) is 17.5 Å². The van der Waals surface area contributed by atoms with Crippen LogP contribution < -0.4 is 10.9 Å². The predicted molar refractivity (Wildman–Crippen MR) is 106 cm³/mol. The lowest BCUT2D eigenvalue weighted by atomic mass is 10.1. The summed E-state index contributed by atoms with van der Waals surface area (Å²) < 4.78 is 38.7. The molecule has 0 unspecified atom stereocenters. The van der Waals surface area contributed by atoms with Crippen LogP contribution in [-0.2, 0) is 12.7 Å². The minimum absolute atomic E-state index is 0.0502. The number of nitrogens with one attached hydrogen (secondary N) is 2. The highest BCUT2D eigenvalue weighted by Gasteiger charge is 2.30. The van der Waals surface area contributed by atoms with Crippen molar-refractivity contribution < 1.29 is 18.0 Å². The number of rotatable bonds is 4. The first kappa shape index (κ1) is 19.8. The lowest BCUT2D eigenvalue weighted by Crippen LogP contribution is -2.24. The van der Waals surface area contributed by atoms with E-state index in [0.717, 1.165) is 23.5 Å². The Morgan fingerprint density at radius 2 is 1.87 bits per heavy atom. The summed E-state index contributed by atoms with van der Waals surface area (Å²) in [4.78, 5) is 28.4. The molecule has 0 saturated heterocycles. The van der Waals surface area contributed by atoms with Crippen LogP contribution in [0.3, 0.4) is 0 Å². The van der Waals surface area contributed by atoms with Gasteiger partial charge in [0.25, 0.3) is 11.5 Å². The quantitative estimate of drug-likeness (QED) is 0.512. The van der Waals surface area contributed by atoms with Crippen LogP contribution in [0, 0.1) is 0 Å². The average Bonchev–Trinajstić information content (AvgIpc) is 3.23. The number of hydrogen-bond donors (Lipinski definition) is 2. The van der Waals surface area contributed by atoms with E-state index in [1.807, 2.05) is 0 Å². The molecule has 10 heteroatoms. The molecular formula is C20H13F3N4O2S. The maximum atomic E-state index is 12.9. The van der Waals surface area contributed by atoms with Crippen LogP contribution in [0.15, 0.2) is 58.7 Å². The van der Waals surface area contributed by atoms with E-state index < -0.39 is 17.6 Å². The molecule has 2 aromatic carbocycles. The van der Waals surface area contributed by atoms with Crippen molar-refractivity contribution in [2.45, 2.75) is 12.7 Å². The second-order valence-corrected chi connectivity index (χ2v) is 7.20. The fourth-order valence-corrected chi connectivity index (χ4v) is 3.65. The lowest BCUT2D eigenvalue weighted by molar-refractivity contribution is -0.137. The van der Waals surface area contributed by atoms with Gasteiger partial charge in [-0.05, 0) is 18.2 Å². The van der Waals surface area contributed by atoms with Gasteiger partial charge in [-0.15, -0.1) is 11.3 Å². The van der Waals surface area contributed by atoms with Crippen LogP contribution in [0.4, 0.5) is 13.2 Å². The van der Waals surface area contributed by atoms with Crippen LogP contribution in [0.25, 0.3) is 22.0 Å². The summed E-state index contributed by atoms with van der Waals surface area (Å²) in [5.74, 6) is -0.490. The van der Waals surface area contributed by atoms with Crippen molar-refractivity contribution in [3.63, 3.8) is 0 Å². The van der Waals surface area contributed by atoms with E-state index >= 15 is 0 Å². The molecule has 2 heterocycles. The van der Waals surface area contributed by atoms with Gasteiger partial charge in [0.05, 0.1) is 28.9 Å². The number of amides is 1. The first-order valence-electron chi connectivity index (χ1n) is 8.70. The molecule has 6 nitrogen and oxygen atoms in total. The van der Waals surface area contributed by atoms with Crippen LogP contribution in [0.5, 0.6) is 0 Å². The molecular weight excluding hydrogens is 417 g/mol.